The summed E-state index contributed by atoms with van der Waals surface area (Å²) in [6.07, 6.45) is 2.40. The zero-order valence-electron chi connectivity index (χ0n) is 8.74. The summed E-state index contributed by atoms with van der Waals surface area (Å²) in [5.41, 5.74) is 2.01. The molecule has 1 aromatic heterocycles. The predicted octanol–water partition coefficient (Wildman–Crippen LogP) is 3.68. The van der Waals surface area contributed by atoms with Crippen LogP contribution in [0.3, 0.4) is 0 Å². The number of benzene rings is 1. The third-order valence-corrected chi connectivity index (χ3v) is 2.87. The average Bonchev–Trinajstić information content (AvgIpc) is 2.27. The Bertz CT molecular complexity index is 495. The molecule has 2 rings (SSSR count). The number of aryl methyl sites for hydroxylation is 1. The smallest absolute Gasteiger partial charge is 0.135 e. The van der Waals surface area contributed by atoms with Crippen LogP contribution in [0.1, 0.15) is 17.0 Å². The first-order chi connectivity index (χ1) is 7.65. The molecular weight excluding hydrogens is 243 g/mol. The number of hydrogen-bond acceptors (Lipinski definition) is 2. The second-order valence-electron chi connectivity index (χ2n) is 3.56. The van der Waals surface area contributed by atoms with Crippen molar-refractivity contribution in [3.05, 3.63) is 57.6 Å². The molecule has 0 aliphatic heterocycles. The highest BCUT2D eigenvalue weighted by Gasteiger charge is 2.02. The molecule has 0 saturated carbocycles. The Balaban J connectivity index is 2.20. The molecule has 1 heterocycles. The maximum absolute atomic E-state index is 5.93. The minimum Gasteiger partial charge on any atom is -0.241 e. The first kappa shape index (κ1) is 11.4. The van der Waals surface area contributed by atoms with E-state index in [1.54, 1.807) is 6.20 Å². The number of hydrogen-bond donors (Lipinski definition) is 0. The molecule has 4 heteroatoms. The van der Waals surface area contributed by atoms with Gasteiger partial charge in [0.2, 0.25) is 0 Å². The normalized spacial score (nSPS) is 10.4. The lowest BCUT2D eigenvalue weighted by Gasteiger charge is -2.02. The van der Waals surface area contributed by atoms with E-state index in [1.165, 1.54) is 0 Å². The Morgan fingerprint density at radius 1 is 1.12 bits per heavy atom. The van der Waals surface area contributed by atoms with E-state index in [9.17, 15) is 0 Å². The van der Waals surface area contributed by atoms with Gasteiger partial charge in [0.25, 0.3) is 0 Å². The van der Waals surface area contributed by atoms with Gasteiger partial charge in [-0.2, -0.15) is 0 Å². The highest BCUT2D eigenvalue weighted by Crippen LogP contribution is 2.14. The zero-order valence-corrected chi connectivity index (χ0v) is 10.3. The van der Waals surface area contributed by atoms with Crippen LogP contribution in [0, 0.1) is 6.92 Å². The molecule has 2 nitrogen and oxygen atoms in total. The summed E-state index contributed by atoms with van der Waals surface area (Å²) in [5, 5.41) is 1.24. The summed E-state index contributed by atoms with van der Waals surface area (Å²) in [4.78, 5) is 8.44. The Morgan fingerprint density at radius 3 is 2.44 bits per heavy atom. The van der Waals surface area contributed by atoms with Crippen molar-refractivity contribution in [1.29, 1.82) is 0 Å². The topological polar surface area (TPSA) is 25.8 Å². The van der Waals surface area contributed by atoms with Gasteiger partial charge in [-0.1, -0.05) is 35.3 Å². The van der Waals surface area contributed by atoms with Crippen molar-refractivity contribution >= 4 is 23.2 Å². The van der Waals surface area contributed by atoms with Crippen molar-refractivity contribution in [2.45, 2.75) is 13.3 Å². The third-order valence-electron chi connectivity index (χ3n) is 2.24. The molecule has 0 aliphatic carbocycles. The van der Waals surface area contributed by atoms with Crippen LogP contribution in [0.25, 0.3) is 0 Å². The van der Waals surface area contributed by atoms with Crippen molar-refractivity contribution < 1.29 is 0 Å². The fraction of sp³-hybridized carbons (Fsp3) is 0.167. The molecule has 0 amide bonds. The maximum atomic E-state index is 5.93. The minimum atomic E-state index is 0.513. The fourth-order valence-corrected chi connectivity index (χ4v) is 1.60. The summed E-state index contributed by atoms with van der Waals surface area (Å²) in [6.45, 7) is 1.88. The standard InChI is InChI=1S/C12H10Cl2N2/c1-8-7-15-11(16-12(8)14)6-9-2-4-10(13)5-3-9/h2-5,7H,6H2,1H3. The molecule has 0 fully saturated rings. The third kappa shape index (κ3) is 2.71. The van der Waals surface area contributed by atoms with Crippen LogP contribution in [-0.4, -0.2) is 9.97 Å². The molecule has 0 atom stereocenters. The molecule has 16 heavy (non-hydrogen) atoms. The number of halogens is 2. The summed E-state index contributed by atoms with van der Waals surface area (Å²) in [7, 11) is 0. The molecular formula is C12H10Cl2N2. The van der Waals surface area contributed by atoms with E-state index in [-0.39, 0.29) is 0 Å². The molecule has 0 unspecified atom stereocenters. The molecule has 1 aromatic carbocycles. The van der Waals surface area contributed by atoms with Crippen molar-refractivity contribution in [3.63, 3.8) is 0 Å². The van der Waals surface area contributed by atoms with Gasteiger partial charge in [-0.05, 0) is 24.6 Å². The zero-order chi connectivity index (χ0) is 11.5. The van der Waals surface area contributed by atoms with Crippen molar-refractivity contribution in [3.8, 4) is 0 Å². The molecule has 0 spiro atoms. The molecule has 2 aromatic rings. The van der Waals surface area contributed by atoms with E-state index in [4.69, 9.17) is 23.2 Å². The highest BCUT2D eigenvalue weighted by molar-refractivity contribution is 6.30. The lowest BCUT2D eigenvalue weighted by Crippen LogP contribution is -1.97. The number of rotatable bonds is 2. The predicted molar refractivity (Wildman–Crippen MR) is 66.0 cm³/mol. The second kappa shape index (κ2) is 4.81. The summed E-state index contributed by atoms with van der Waals surface area (Å²) in [6, 6.07) is 7.62. The SMILES string of the molecule is Cc1cnc(Cc2ccc(Cl)cc2)nc1Cl. The lowest BCUT2D eigenvalue weighted by atomic mass is 10.1. The van der Waals surface area contributed by atoms with E-state index < -0.39 is 0 Å². The van der Waals surface area contributed by atoms with E-state index >= 15 is 0 Å². The van der Waals surface area contributed by atoms with Gasteiger partial charge in [0.1, 0.15) is 11.0 Å². The van der Waals surface area contributed by atoms with Crippen LogP contribution in [0.5, 0.6) is 0 Å². The van der Waals surface area contributed by atoms with Crippen molar-refractivity contribution in [2.24, 2.45) is 0 Å². The van der Waals surface area contributed by atoms with Gasteiger partial charge < -0.3 is 0 Å². The molecule has 0 aliphatic rings. The Labute approximate surface area is 104 Å². The average molecular weight is 253 g/mol. The van der Waals surface area contributed by atoms with Gasteiger partial charge in [0.15, 0.2) is 0 Å². The van der Waals surface area contributed by atoms with Crippen LogP contribution in [-0.2, 0) is 6.42 Å². The summed E-state index contributed by atoms with van der Waals surface area (Å²) < 4.78 is 0. The first-order valence-corrected chi connectivity index (χ1v) is 5.63. The van der Waals surface area contributed by atoms with Crippen LogP contribution in [0.2, 0.25) is 10.2 Å². The van der Waals surface area contributed by atoms with Gasteiger partial charge in [-0.15, -0.1) is 0 Å². The summed E-state index contributed by atoms with van der Waals surface area (Å²) in [5.74, 6) is 0.720. The molecule has 0 N–H and O–H groups in total. The largest absolute Gasteiger partial charge is 0.241 e. The molecule has 0 bridgehead atoms. The van der Waals surface area contributed by atoms with E-state index in [2.05, 4.69) is 9.97 Å². The van der Waals surface area contributed by atoms with E-state index in [1.807, 2.05) is 31.2 Å². The Kier molecular flexibility index (Phi) is 3.42. The quantitative estimate of drug-likeness (QED) is 0.763. The van der Waals surface area contributed by atoms with Crippen LogP contribution in [0.15, 0.2) is 30.5 Å². The maximum Gasteiger partial charge on any atom is 0.135 e. The first-order valence-electron chi connectivity index (χ1n) is 4.87. The Morgan fingerprint density at radius 2 is 1.81 bits per heavy atom. The monoisotopic (exact) mass is 252 g/mol. The van der Waals surface area contributed by atoms with Crippen molar-refractivity contribution in [1.82, 2.24) is 9.97 Å². The second-order valence-corrected chi connectivity index (χ2v) is 4.36. The number of aromatic nitrogens is 2. The fourth-order valence-electron chi connectivity index (χ4n) is 1.32. The molecule has 0 radical (unpaired) electrons. The van der Waals surface area contributed by atoms with Crippen LogP contribution < -0.4 is 0 Å². The van der Waals surface area contributed by atoms with Crippen LogP contribution in [0.4, 0.5) is 0 Å². The van der Waals surface area contributed by atoms with Crippen molar-refractivity contribution in [2.75, 3.05) is 0 Å². The lowest BCUT2D eigenvalue weighted by molar-refractivity contribution is 0.956. The highest BCUT2D eigenvalue weighted by atomic mass is 35.5. The Hall–Kier alpha value is -1.12. The van der Waals surface area contributed by atoms with Gasteiger partial charge in [0, 0.05) is 23.2 Å². The molecule has 82 valence electrons. The van der Waals surface area contributed by atoms with E-state index in [0.29, 0.717) is 11.6 Å². The van der Waals surface area contributed by atoms with Gasteiger partial charge in [-0.3, -0.25) is 0 Å². The van der Waals surface area contributed by atoms with Gasteiger partial charge >= 0.3 is 0 Å². The van der Waals surface area contributed by atoms with Crippen LogP contribution >= 0.6 is 23.2 Å². The van der Waals surface area contributed by atoms with Gasteiger partial charge in [0.05, 0.1) is 0 Å². The van der Waals surface area contributed by atoms with E-state index in [0.717, 1.165) is 22.0 Å². The minimum absolute atomic E-state index is 0.513. The molecule has 0 saturated heterocycles. The summed E-state index contributed by atoms with van der Waals surface area (Å²) >= 11 is 11.7. The van der Waals surface area contributed by atoms with Gasteiger partial charge in [-0.25, -0.2) is 9.97 Å². The number of nitrogens with zero attached hydrogens (tertiary/aromatic N) is 2.